The summed E-state index contributed by atoms with van der Waals surface area (Å²) in [5.74, 6) is -0.0777. The second-order valence-electron chi connectivity index (χ2n) is 3.03. The Labute approximate surface area is 87.8 Å². The van der Waals surface area contributed by atoms with E-state index in [1.54, 1.807) is 13.0 Å². The van der Waals surface area contributed by atoms with Crippen LogP contribution in [-0.4, -0.2) is 26.5 Å². The molecule has 0 unspecified atom stereocenters. The van der Waals surface area contributed by atoms with Gasteiger partial charge in [0.2, 0.25) is 0 Å². The van der Waals surface area contributed by atoms with Crippen molar-refractivity contribution in [2.45, 2.75) is 6.92 Å². The maximum atomic E-state index is 11.4. The van der Waals surface area contributed by atoms with Crippen molar-refractivity contribution in [1.82, 2.24) is 0 Å². The number of aldehydes is 1. The third-order valence-corrected chi connectivity index (χ3v) is 2.04. The second kappa shape index (κ2) is 4.59. The Morgan fingerprint density at radius 3 is 2.47 bits per heavy atom. The van der Waals surface area contributed by atoms with E-state index in [0.717, 1.165) is 5.56 Å². The zero-order valence-electron chi connectivity index (χ0n) is 8.87. The lowest BCUT2D eigenvalue weighted by Crippen LogP contribution is -2.06. The van der Waals surface area contributed by atoms with Crippen molar-refractivity contribution in [2.75, 3.05) is 14.2 Å². The van der Waals surface area contributed by atoms with E-state index in [1.807, 2.05) is 0 Å². The van der Waals surface area contributed by atoms with E-state index in [0.29, 0.717) is 17.6 Å². The predicted molar refractivity (Wildman–Crippen MR) is 54.5 cm³/mol. The number of esters is 1. The molecule has 0 atom stereocenters. The van der Waals surface area contributed by atoms with Crippen molar-refractivity contribution in [1.29, 1.82) is 0 Å². The van der Waals surface area contributed by atoms with Crippen molar-refractivity contribution in [3.63, 3.8) is 0 Å². The third-order valence-electron chi connectivity index (χ3n) is 2.04. The summed E-state index contributed by atoms with van der Waals surface area (Å²) in [4.78, 5) is 22.0. The second-order valence-corrected chi connectivity index (χ2v) is 3.03. The summed E-state index contributed by atoms with van der Waals surface area (Å²) in [6.45, 7) is 1.76. The van der Waals surface area contributed by atoms with E-state index >= 15 is 0 Å². The lowest BCUT2D eigenvalue weighted by atomic mass is 10.1. The number of hydrogen-bond donors (Lipinski definition) is 0. The standard InChI is InChI=1S/C11H12O4/c1-7-4-8(6-12)5-9(10(7)14-2)11(13)15-3/h4-6H,1-3H3. The van der Waals surface area contributed by atoms with Crippen molar-refractivity contribution < 1.29 is 19.1 Å². The number of aryl methyl sites for hydroxylation is 1. The normalized spacial score (nSPS) is 9.53. The maximum absolute atomic E-state index is 11.4. The molecule has 0 heterocycles. The Balaban J connectivity index is 3.38. The zero-order valence-corrected chi connectivity index (χ0v) is 8.87. The first-order valence-corrected chi connectivity index (χ1v) is 4.36. The topological polar surface area (TPSA) is 52.6 Å². The molecule has 0 amide bonds. The Morgan fingerprint density at radius 2 is 2.00 bits per heavy atom. The Kier molecular flexibility index (Phi) is 3.44. The minimum Gasteiger partial charge on any atom is -0.496 e. The van der Waals surface area contributed by atoms with E-state index in [2.05, 4.69) is 4.74 Å². The summed E-state index contributed by atoms with van der Waals surface area (Å²) in [6.07, 6.45) is 0.679. The van der Waals surface area contributed by atoms with E-state index in [9.17, 15) is 9.59 Å². The number of rotatable bonds is 3. The number of carbonyl (C=O) groups excluding carboxylic acids is 2. The van der Waals surface area contributed by atoms with Gasteiger partial charge in [-0.15, -0.1) is 0 Å². The molecule has 80 valence electrons. The van der Waals surface area contributed by atoms with Crippen LogP contribution in [-0.2, 0) is 4.74 Å². The van der Waals surface area contributed by atoms with Crippen LogP contribution in [0.2, 0.25) is 0 Å². The molecule has 1 aromatic carbocycles. The summed E-state index contributed by atoms with van der Waals surface area (Å²) in [5, 5.41) is 0. The largest absolute Gasteiger partial charge is 0.496 e. The molecule has 0 aliphatic carbocycles. The highest BCUT2D eigenvalue weighted by Gasteiger charge is 2.15. The van der Waals surface area contributed by atoms with Gasteiger partial charge in [-0.3, -0.25) is 4.79 Å². The minimum absolute atomic E-state index is 0.266. The summed E-state index contributed by atoms with van der Waals surface area (Å²) in [7, 11) is 2.75. The van der Waals surface area contributed by atoms with Gasteiger partial charge in [-0.2, -0.15) is 0 Å². The minimum atomic E-state index is -0.515. The van der Waals surface area contributed by atoms with Crippen LogP contribution in [0, 0.1) is 6.92 Å². The molecule has 0 saturated heterocycles. The van der Waals surface area contributed by atoms with Gasteiger partial charge >= 0.3 is 5.97 Å². The van der Waals surface area contributed by atoms with Crippen LogP contribution in [0.4, 0.5) is 0 Å². The van der Waals surface area contributed by atoms with E-state index in [-0.39, 0.29) is 5.56 Å². The van der Waals surface area contributed by atoms with Gasteiger partial charge < -0.3 is 9.47 Å². The lowest BCUT2D eigenvalue weighted by Gasteiger charge is -2.10. The quantitative estimate of drug-likeness (QED) is 0.559. The van der Waals surface area contributed by atoms with Crippen LogP contribution < -0.4 is 4.74 Å². The number of methoxy groups -OCH3 is 2. The number of ether oxygens (including phenoxy) is 2. The summed E-state index contributed by atoms with van der Waals surface area (Å²) >= 11 is 0. The third kappa shape index (κ3) is 2.15. The van der Waals surface area contributed by atoms with Crippen molar-refractivity contribution in [2.24, 2.45) is 0 Å². The van der Waals surface area contributed by atoms with Gasteiger partial charge in [-0.25, -0.2) is 4.79 Å². The molecular weight excluding hydrogens is 196 g/mol. The van der Waals surface area contributed by atoms with Crippen LogP contribution in [0.5, 0.6) is 5.75 Å². The van der Waals surface area contributed by atoms with Crippen LogP contribution in [0.3, 0.4) is 0 Å². The lowest BCUT2D eigenvalue weighted by molar-refractivity contribution is 0.0597. The fraction of sp³-hybridized carbons (Fsp3) is 0.273. The molecule has 0 spiro atoms. The van der Waals surface area contributed by atoms with E-state index < -0.39 is 5.97 Å². The molecule has 0 aromatic heterocycles. The van der Waals surface area contributed by atoms with Gasteiger partial charge in [0.25, 0.3) is 0 Å². The van der Waals surface area contributed by atoms with Crippen LogP contribution in [0.15, 0.2) is 12.1 Å². The smallest absolute Gasteiger partial charge is 0.341 e. The first-order chi connectivity index (χ1) is 7.13. The van der Waals surface area contributed by atoms with Crippen molar-refractivity contribution >= 4 is 12.3 Å². The monoisotopic (exact) mass is 208 g/mol. The SMILES string of the molecule is COC(=O)c1cc(C=O)cc(C)c1OC. The summed E-state index contributed by atoms with van der Waals surface area (Å²) in [5.41, 5.74) is 1.42. The van der Waals surface area contributed by atoms with E-state index in [1.165, 1.54) is 20.3 Å². The Bertz CT molecular complexity index is 396. The maximum Gasteiger partial charge on any atom is 0.341 e. The van der Waals surface area contributed by atoms with Gasteiger partial charge in [-0.05, 0) is 24.6 Å². The van der Waals surface area contributed by atoms with Gasteiger partial charge in [0.05, 0.1) is 14.2 Å². The number of benzene rings is 1. The van der Waals surface area contributed by atoms with E-state index in [4.69, 9.17) is 4.74 Å². The van der Waals surface area contributed by atoms with Crippen LogP contribution in [0.25, 0.3) is 0 Å². The fourth-order valence-electron chi connectivity index (χ4n) is 1.40. The van der Waals surface area contributed by atoms with Crippen molar-refractivity contribution in [3.8, 4) is 5.75 Å². The highest BCUT2D eigenvalue weighted by Crippen LogP contribution is 2.25. The predicted octanol–water partition coefficient (Wildman–Crippen LogP) is 1.60. The molecule has 1 aromatic rings. The first-order valence-electron chi connectivity index (χ1n) is 4.36. The van der Waals surface area contributed by atoms with Crippen molar-refractivity contribution in [3.05, 3.63) is 28.8 Å². The average Bonchev–Trinajstić information content (AvgIpc) is 2.26. The van der Waals surface area contributed by atoms with Gasteiger partial charge in [-0.1, -0.05) is 0 Å². The zero-order chi connectivity index (χ0) is 11.4. The Morgan fingerprint density at radius 1 is 1.33 bits per heavy atom. The van der Waals surface area contributed by atoms with Gasteiger partial charge in [0.15, 0.2) is 0 Å². The molecule has 4 nitrogen and oxygen atoms in total. The molecule has 0 N–H and O–H groups in total. The molecule has 0 radical (unpaired) electrons. The van der Waals surface area contributed by atoms with Crippen LogP contribution in [0.1, 0.15) is 26.3 Å². The molecule has 0 bridgehead atoms. The first kappa shape index (κ1) is 11.2. The highest BCUT2D eigenvalue weighted by atomic mass is 16.5. The van der Waals surface area contributed by atoms with Gasteiger partial charge in [0, 0.05) is 5.56 Å². The highest BCUT2D eigenvalue weighted by molar-refractivity contribution is 5.95. The molecular formula is C11H12O4. The molecule has 0 saturated carbocycles. The Hall–Kier alpha value is -1.84. The molecule has 4 heteroatoms. The molecule has 1 rings (SSSR count). The fourth-order valence-corrected chi connectivity index (χ4v) is 1.40. The molecule has 0 fully saturated rings. The number of hydrogen-bond acceptors (Lipinski definition) is 4. The summed E-state index contributed by atoms with van der Waals surface area (Å²) in [6, 6.07) is 3.10. The van der Waals surface area contributed by atoms with Crippen LogP contribution >= 0.6 is 0 Å². The summed E-state index contributed by atoms with van der Waals surface area (Å²) < 4.78 is 9.68. The average molecular weight is 208 g/mol. The number of carbonyl (C=O) groups is 2. The van der Waals surface area contributed by atoms with Gasteiger partial charge in [0.1, 0.15) is 17.6 Å². The molecule has 0 aliphatic heterocycles. The molecule has 15 heavy (non-hydrogen) atoms. The molecule has 0 aliphatic rings.